The molecule has 2 N–H and O–H groups in total. The third kappa shape index (κ3) is 12.8. The Bertz CT molecular complexity index is 3060. The van der Waals surface area contributed by atoms with E-state index in [0.717, 1.165) is 109 Å². The molecule has 12 aliphatic rings. The van der Waals surface area contributed by atoms with E-state index < -0.39 is 10.8 Å². The van der Waals surface area contributed by atoms with Gasteiger partial charge in [-0.2, -0.15) is 0 Å². The number of hydrogen-bond donors (Lipinski definition) is 2. The summed E-state index contributed by atoms with van der Waals surface area (Å²) in [5, 5.41) is 21.0. The van der Waals surface area contributed by atoms with E-state index >= 15 is 0 Å². The molecule has 8 heteroatoms. The van der Waals surface area contributed by atoms with Gasteiger partial charge in [0.05, 0.1) is 36.3 Å². The van der Waals surface area contributed by atoms with E-state index in [1.54, 1.807) is 22.3 Å². The van der Waals surface area contributed by atoms with Crippen molar-refractivity contribution in [3.8, 4) is 0 Å². The molecule has 0 aromatic heterocycles. The summed E-state index contributed by atoms with van der Waals surface area (Å²) in [6.45, 7) is 50.3. The van der Waals surface area contributed by atoms with Crippen LogP contribution in [0.2, 0.25) is 0 Å². The largest absolute Gasteiger partial charge is 0.465 e. The van der Waals surface area contributed by atoms with Crippen LogP contribution < -0.4 is 0 Å². The van der Waals surface area contributed by atoms with Gasteiger partial charge in [0.15, 0.2) is 0 Å². The Morgan fingerprint density at radius 2 is 0.802 bits per heavy atom. The fourth-order valence-corrected chi connectivity index (χ4v) is 26.4. The van der Waals surface area contributed by atoms with Crippen LogP contribution >= 0.6 is 0 Å². The molecule has 0 radical (unpaired) electrons. The molecule has 8 nitrogen and oxygen atoms in total. The number of allylic oxidation sites excluding steroid dienone is 12. The average Bonchev–Trinajstić information content (AvgIpc) is 0.741. The van der Waals surface area contributed by atoms with Crippen molar-refractivity contribution in [2.75, 3.05) is 13.2 Å². The minimum absolute atomic E-state index is 0.00205. The van der Waals surface area contributed by atoms with Gasteiger partial charge in [0.2, 0.25) is 0 Å². The molecule has 24 atom stereocenters. The molecule has 8 fully saturated rings. The second-order valence-corrected chi connectivity index (χ2v) is 39.0. The summed E-state index contributed by atoms with van der Waals surface area (Å²) in [5.41, 5.74) is 6.67. The maximum atomic E-state index is 14.1. The van der Waals surface area contributed by atoms with E-state index in [0.29, 0.717) is 73.4 Å². The van der Waals surface area contributed by atoms with Gasteiger partial charge >= 0.3 is 11.9 Å². The molecule has 0 aromatic rings. The number of carbonyl (C=O) groups excluding carboxylic acids is 2. The van der Waals surface area contributed by atoms with Crippen LogP contribution in [0.4, 0.5) is 0 Å². The molecule has 0 bridgehead atoms. The first-order chi connectivity index (χ1) is 45.2. The molecule has 0 heterocycles. The van der Waals surface area contributed by atoms with Gasteiger partial charge in [0, 0.05) is 21.7 Å². The molecular weight excluding hydrogens is 1180 g/mol. The molecule has 96 heavy (non-hydrogen) atoms. The molecule has 0 spiro atoms. The highest BCUT2D eigenvalue weighted by atomic mass is 17.1. The van der Waals surface area contributed by atoms with E-state index in [2.05, 4.69) is 172 Å². The fourth-order valence-electron chi connectivity index (χ4n) is 26.4. The minimum atomic E-state index is -0.466. The second kappa shape index (κ2) is 27.1. The highest BCUT2D eigenvalue weighted by molar-refractivity contribution is 5.78. The van der Waals surface area contributed by atoms with E-state index in [1.807, 2.05) is 0 Å². The summed E-state index contributed by atoms with van der Waals surface area (Å²) in [6.07, 6.45) is 51.1. The summed E-state index contributed by atoms with van der Waals surface area (Å²) < 4.78 is 12.6. The molecule has 536 valence electrons. The maximum Gasteiger partial charge on any atom is 0.312 e. The zero-order valence-corrected chi connectivity index (χ0v) is 63.3. The van der Waals surface area contributed by atoms with Gasteiger partial charge < -0.3 is 9.47 Å². The van der Waals surface area contributed by atoms with Crippen LogP contribution in [0.3, 0.4) is 0 Å². The zero-order chi connectivity index (χ0) is 69.5. The van der Waals surface area contributed by atoms with E-state index in [9.17, 15) is 20.1 Å². The highest BCUT2D eigenvalue weighted by Gasteiger charge is 2.64. The van der Waals surface area contributed by atoms with Crippen molar-refractivity contribution in [1.82, 2.24) is 0 Å². The van der Waals surface area contributed by atoms with Gasteiger partial charge in [-0.3, -0.25) is 20.1 Å². The first-order valence-electron chi connectivity index (χ1n) is 39.5. The number of rotatable bonds is 18. The molecule has 0 aromatic carbocycles. The van der Waals surface area contributed by atoms with Gasteiger partial charge in [-0.15, -0.1) is 26.3 Å². The number of carbonyl (C=O) groups is 2. The quantitative estimate of drug-likeness (QED) is 0.0604. The Kier molecular flexibility index (Phi) is 20.9. The topological polar surface area (TPSA) is 112 Å². The average molecular weight is 1320 g/mol. The Morgan fingerprint density at radius 1 is 0.448 bits per heavy atom. The Balaban J connectivity index is 0.000000195. The second-order valence-electron chi connectivity index (χ2n) is 39.0. The van der Waals surface area contributed by atoms with Crippen molar-refractivity contribution < 1.29 is 39.4 Å². The monoisotopic (exact) mass is 1320 g/mol. The Labute approximate surface area is 584 Å². The number of fused-ring (bicyclic) bond motifs is 12. The van der Waals surface area contributed by atoms with Gasteiger partial charge in [0.1, 0.15) is 0 Å². The molecule has 24 unspecified atom stereocenters. The molecular formula is C88H136O8. The van der Waals surface area contributed by atoms with Crippen LogP contribution in [0.25, 0.3) is 0 Å². The summed E-state index contributed by atoms with van der Waals surface area (Å²) in [6, 6.07) is 0. The third-order valence-corrected chi connectivity index (χ3v) is 32.7. The van der Waals surface area contributed by atoms with Crippen molar-refractivity contribution >= 4 is 11.9 Å². The van der Waals surface area contributed by atoms with Crippen LogP contribution in [-0.4, -0.2) is 47.9 Å². The SMILES string of the molecule is C=CC1(C)C=C2CCC3C(C)(C(=O)OCC(C)CC(OO)C4(C)CCCC5(C)C6CCC(C)(C=C)C=C6CCC45)CCCC3(C)C2CC1.C=CC1(C)CCC2C(=CCC3C(C)(C(=O)OCC(C)CC(OO)C4(C)CCCC5(C)C6CCC(C)(C=C)CC6=CCC45)CCCC23C)C1. The molecule has 0 aliphatic heterocycles. The lowest BCUT2D eigenvalue weighted by Crippen LogP contribution is -2.56. The van der Waals surface area contributed by atoms with Gasteiger partial charge in [0.25, 0.3) is 0 Å². The number of esters is 2. The summed E-state index contributed by atoms with van der Waals surface area (Å²) >= 11 is 0. The number of ether oxygens (including phenoxy) is 2. The first kappa shape index (κ1) is 73.9. The molecule has 0 saturated heterocycles. The molecule has 0 amide bonds. The normalized spacial score (nSPS) is 46.7. The summed E-state index contributed by atoms with van der Waals surface area (Å²) in [7, 11) is 0. The zero-order valence-electron chi connectivity index (χ0n) is 63.3. The third-order valence-electron chi connectivity index (χ3n) is 32.7. The smallest absolute Gasteiger partial charge is 0.312 e. The van der Waals surface area contributed by atoms with E-state index in [-0.39, 0.29) is 90.1 Å². The lowest BCUT2D eigenvalue weighted by atomic mass is 9.44. The number of hydrogen-bond acceptors (Lipinski definition) is 8. The van der Waals surface area contributed by atoms with Crippen LogP contribution in [-0.2, 0) is 28.8 Å². The van der Waals surface area contributed by atoms with Crippen molar-refractivity contribution in [2.45, 2.75) is 302 Å². The Hall–Kier alpha value is -3.30. The van der Waals surface area contributed by atoms with Crippen LogP contribution in [0, 0.1) is 124 Å². The summed E-state index contributed by atoms with van der Waals surface area (Å²) in [5.74, 6) is 4.13. The van der Waals surface area contributed by atoms with Crippen molar-refractivity contribution in [3.63, 3.8) is 0 Å². The standard InChI is InChI=1S/2C44H68O4/c2*1-10-39(4)24-18-33-31(27-39)14-16-35-41(33,6)20-12-22-43(35,8)37(48-46)26-30(3)29-47-38(45)44(9)23-13-21-42(7)34-19-25-40(5,11-2)28-32(34)15-17-36(42)44/h10-11,27-28,30,33-37,46H,1-2,12-26,29H2,3-9H3;10-11,14-15,30,33-37,46H,1-2,12-13,16-29H2,3-9H3. The van der Waals surface area contributed by atoms with Crippen LogP contribution in [0.1, 0.15) is 290 Å². The lowest BCUT2D eigenvalue weighted by molar-refractivity contribution is -0.322. The van der Waals surface area contributed by atoms with Crippen LogP contribution in [0.5, 0.6) is 0 Å². The van der Waals surface area contributed by atoms with Gasteiger partial charge in [-0.25, -0.2) is 9.78 Å². The van der Waals surface area contributed by atoms with Gasteiger partial charge in [-0.1, -0.05) is 180 Å². The van der Waals surface area contributed by atoms with Crippen molar-refractivity contribution in [2.24, 2.45) is 124 Å². The van der Waals surface area contributed by atoms with E-state index in [1.165, 1.54) is 70.6 Å². The highest BCUT2D eigenvalue weighted by Crippen LogP contribution is 2.70. The summed E-state index contributed by atoms with van der Waals surface area (Å²) in [4.78, 5) is 39.2. The predicted octanol–water partition coefficient (Wildman–Crippen LogP) is 23.4. The maximum absolute atomic E-state index is 14.1. The van der Waals surface area contributed by atoms with Crippen molar-refractivity contribution in [1.29, 1.82) is 0 Å². The lowest BCUT2D eigenvalue weighted by Gasteiger charge is -2.61. The van der Waals surface area contributed by atoms with Crippen LogP contribution in [0.15, 0.2) is 97.2 Å². The molecule has 8 saturated carbocycles. The predicted molar refractivity (Wildman–Crippen MR) is 392 cm³/mol. The van der Waals surface area contributed by atoms with Gasteiger partial charge in [-0.05, 0) is 272 Å². The molecule has 12 aliphatic carbocycles. The minimum Gasteiger partial charge on any atom is -0.465 e. The Morgan fingerprint density at radius 3 is 1.23 bits per heavy atom. The first-order valence-corrected chi connectivity index (χ1v) is 39.5. The van der Waals surface area contributed by atoms with Crippen molar-refractivity contribution in [3.05, 3.63) is 97.2 Å². The van der Waals surface area contributed by atoms with E-state index in [4.69, 9.17) is 19.2 Å². The molecule has 12 rings (SSSR count). The fraction of sp³-hybridized carbons (Fsp3) is 0.795.